The lowest BCUT2D eigenvalue weighted by molar-refractivity contribution is 0.0472. The number of esters is 1. The van der Waals surface area contributed by atoms with Crippen LogP contribution < -0.4 is 9.47 Å². The van der Waals surface area contributed by atoms with Crippen molar-refractivity contribution in [2.45, 2.75) is 6.61 Å². The van der Waals surface area contributed by atoms with Gasteiger partial charge in [0.2, 0.25) is 0 Å². The van der Waals surface area contributed by atoms with E-state index in [1.165, 1.54) is 26.4 Å². The van der Waals surface area contributed by atoms with Gasteiger partial charge in [-0.25, -0.2) is 9.48 Å². The van der Waals surface area contributed by atoms with Crippen molar-refractivity contribution in [2.24, 2.45) is 0 Å². The van der Waals surface area contributed by atoms with Crippen molar-refractivity contribution in [2.75, 3.05) is 14.2 Å². The molecule has 0 fully saturated rings. The average molecular weight is 373 g/mol. The molecule has 0 spiro atoms. The van der Waals surface area contributed by atoms with E-state index in [-0.39, 0.29) is 11.6 Å². The Labute approximate surface area is 155 Å². The van der Waals surface area contributed by atoms with Gasteiger partial charge in [-0.05, 0) is 35.9 Å². The molecule has 6 nitrogen and oxygen atoms in total. The molecule has 0 aliphatic carbocycles. The lowest BCUT2D eigenvalue weighted by Gasteiger charge is -2.11. The fraction of sp³-hybridized carbons (Fsp3) is 0.158. The summed E-state index contributed by atoms with van der Waals surface area (Å²) < 4.78 is 17.5. The molecule has 0 atom stereocenters. The molecule has 0 bridgehead atoms. The predicted octanol–water partition coefficient (Wildman–Crippen LogP) is 3.90. The van der Waals surface area contributed by atoms with Gasteiger partial charge in [0.25, 0.3) is 0 Å². The Bertz CT molecular complexity index is 893. The maximum absolute atomic E-state index is 12.3. The first kappa shape index (κ1) is 17.8. The number of aromatic nitrogens is 2. The average Bonchev–Trinajstić information content (AvgIpc) is 3.20. The first-order chi connectivity index (χ1) is 12.6. The van der Waals surface area contributed by atoms with Crippen LogP contribution in [0, 0.1) is 0 Å². The summed E-state index contributed by atoms with van der Waals surface area (Å²) in [5.74, 6) is 0.249. The number of ether oxygens (including phenoxy) is 3. The largest absolute Gasteiger partial charge is 0.493 e. The van der Waals surface area contributed by atoms with Gasteiger partial charge in [0.15, 0.2) is 11.5 Å². The lowest BCUT2D eigenvalue weighted by atomic mass is 10.2. The number of carbonyl (C=O) groups excluding carboxylic acids is 1. The number of nitrogens with zero attached hydrogens (tertiary/aromatic N) is 2. The third-order valence-electron chi connectivity index (χ3n) is 3.74. The molecule has 0 saturated carbocycles. The maximum Gasteiger partial charge on any atom is 0.338 e. The number of methoxy groups -OCH3 is 2. The first-order valence-corrected chi connectivity index (χ1v) is 8.17. The summed E-state index contributed by atoms with van der Waals surface area (Å²) in [4.78, 5) is 12.3. The molecule has 1 heterocycles. The highest BCUT2D eigenvalue weighted by atomic mass is 35.5. The van der Waals surface area contributed by atoms with E-state index in [4.69, 9.17) is 25.8 Å². The molecule has 0 N–H and O–H groups in total. The van der Waals surface area contributed by atoms with Crippen molar-refractivity contribution in [3.8, 4) is 17.2 Å². The summed E-state index contributed by atoms with van der Waals surface area (Å²) in [5.41, 5.74) is 2.08. The molecule has 134 valence electrons. The number of carbonyl (C=O) groups is 1. The van der Waals surface area contributed by atoms with E-state index in [0.717, 1.165) is 11.3 Å². The Morgan fingerprint density at radius 1 is 1.15 bits per heavy atom. The minimum Gasteiger partial charge on any atom is -0.493 e. The van der Waals surface area contributed by atoms with Gasteiger partial charge in [-0.2, -0.15) is 5.10 Å². The van der Waals surface area contributed by atoms with Crippen LogP contribution in [0.1, 0.15) is 15.9 Å². The van der Waals surface area contributed by atoms with Crippen LogP contribution in [0.15, 0.2) is 54.9 Å². The molecule has 0 aliphatic rings. The van der Waals surface area contributed by atoms with Gasteiger partial charge in [0.05, 0.1) is 30.5 Å². The van der Waals surface area contributed by atoms with Crippen LogP contribution in [0.2, 0.25) is 5.02 Å². The van der Waals surface area contributed by atoms with E-state index >= 15 is 0 Å². The van der Waals surface area contributed by atoms with Gasteiger partial charge < -0.3 is 14.2 Å². The fourth-order valence-electron chi connectivity index (χ4n) is 2.43. The predicted molar refractivity (Wildman–Crippen MR) is 97.2 cm³/mol. The summed E-state index contributed by atoms with van der Waals surface area (Å²) in [7, 11) is 2.96. The van der Waals surface area contributed by atoms with Crippen LogP contribution >= 0.6 is 11.6 Å². The van der Waals surface area contributed by atoms with E-state index in [0.29, 0.717) is 17.1 Å². The van der Waals surface area contributed by atoms with Crippen LogP contribution in [0.3, 0.4) is 0 Å². The van der Waals surface area contributed by atoms with Crippen LogP contribution in [0.5, 0.6) is 11.5 Å². The highest BCUT2D eigenvalue weighted by Crippen LogP contribution is 2.36. The Balaban J connectivity index is 1.68. The molecule has 26 heavy (non-hydrogen) atoms. The third kappa shape index (κ3) is 3.81. The molecule has 3 aromatic rings. The van der Waals surface area contributed by atoms with Crippen molar-refractivity contribution in [1.82, 2.24) is 9.78 Å². The second kappa shape index (κ2) is 7.93. The summed E-state index contributed by atoms with van der Waals surface area (Å²) in [6.07, 6.45) is 3.57. The van der Waals surface area contributed by atoms with E-state index in [1.807, 2.05) is 36.5 Å². The summed E-state index contributed by atoms with van der Waals surface area (Å²) >= 11 is 6.12. The first-order valence-electron chi connectivity index (χ1n) is 7.80. The molecular weight excluding hydrogens is 356 g/mol. The van der Waals surface area contributed by atoms with Gasteiger partial charge in [-0.3, -0.25) is 0 Å². The normalized spacial score (nSPS) is 10.4. The van der Waals surface area contributed by atoms with Crippen molar-refractivity contribution < 1.29 is 19.0 Å². The number of benzene rings is 2. The van der Waals surface area contributed by atoms with E-state index < -0.39 is 5.97 Å². The molecule has 0 radical (unpaired) electrons. The smallest absolute Gasteiger partial charge is 0.338 e. The summed E-state index contributed by atoms with van der Waals surface area (Å²) in [5, 5.41) is 4.45. The van der Waals surface area contributed by atoms with E-state index in [9.17, 15) is 4.79 Å². The van der Waals surface area contributed by atoms with Gasteiger partial charge in [-0.15, -0.1) is 0 Å². The van der Waals surface area contributed by atoms with E-state index in [2.05, 4.69) is 5.10 Å². The van der Waals surface area contributed by atoms with Gasteiger partial charge in [-0.1, -0.05) is 23.7 Å². The van der Waals surface area contributed by atoms with Crippen molar-refractivity contribution in [1.29, 1.82) is 0 Å². The standard InChI is InChI=1S/C19H17ClN2O4/c1-24-17-11-14(10-16(20)18(17)25-2)19(23)26-12-13-4-6-15(7-5-13)22-9-3-8-21-22/h3-11H,12H2,1-2H3. The molecule has 7 heteroatoms. The van der Waals surface area contributed by atoms with Crippen molar-refractivity contribution in [3.05, 3.63) is 71.0 Å². The molecule has 0 aliphatic heterocycles. The zero-order chi connectivity index (χ0) is 18.5. The molecule has 0 amide bonds. The van der Waals surface area contributed by atoms with Gasteiger partial charge >= 0.3 is 5.97 Å². The van der Waals surface area contributed by atoms with Crippen molar-refractivity contribution >= 4 is 17.6 Å². The van der Waals surface area contributed by atoms with Gasteiger partial charge in [0.1, 0.15) is 6.61 Å². The lowest BCUT2D eigenvalue weighted by Crippen LogP contribution is -2.06. The Hall–Kier alpha value is -2.99. The maximum atomic E-state index is 12.3. The zero-order valence-corrected chi connectivity index (χ0v) is 15.1. The quantitative estimate of drug-likeness (QED) is 0.614. The highest BCUT2D eigenvalue weighted by molar-refractivity contribution is 6.32. The summed E-state index contributed by atoms with van der Waals surface area (Å²) in [6, 6.07) is 12.5. The van der Waals surface area contributed by atoms with E-state index in [1.54, 1.807) is 10.9 Å². The number of halogens is 1. The van der Waals surface area contributed by atoms with Crippen LogP contribution in [-0.4, -0.2) is 30.0 Å². The fourth-order valence-corrected chi connectivity index (χ4v) is 2.72. The van der Waals surface area contributed by atoms with Crippen LogP contribution in [0.25, 0.3) is 5.69 Å². The zero-order valence-electron chi connectivity index (χ0n) is 14.3. The second-order valence-electron chi connectivity index (χ2n) is 5.39. The topological polar surface area (TPSA) is 62.6 Å². The Morgan fingerprint density at radius 2 is 1.92 bits per heavy atom. The monoisotopic (exact) mass is 372 g/mol. The van der Waals surface area contributed by atoms with Crippen LogP contribution in [-0.2, 0) is 11.3 Å². The minimum atomic E-state index is -0.496. The second-order valence-corrected chi connectivity index (χ2v) is 5.79. The molecular formula is C19H17ClN2O4. The molecule has 0 saturated heterocycles. The summed E-state index contributed by atoms with van der Waals surface area (Å²) in [6.45, 7) is 0.143. The third-order valence-corrected chi connectivity index (χ3v) is 4.03. The van der Waals surface area contributed by atoms with Crippen LogP contribution in [0.4, 0.5) is 0 Å². The number of rotatable bonds is 6. The number of hydrogen-bond donors (Lipinski definition) is 0. The molecule has 2 aromatic carbocycles. The number of hydrogen-bond acceptors (Lipinski definition) is 5. The molecule has 0 unspecified atom stereocenters. The minimum absolute atomic E-state index is 0.143. The van der Waals surface area contributed by atoms with Gasteiger partial charge in [0, 0.05) is 12.4 Å². The SMILES string of the molecule is COc1cc(C(=O)OCc2ccc(-n3cccn3)cc2)cc(Cl)c1OC. The molecule has 3 rings (SSSR count). The Kier molecular flexibility index (Phi) is 5.43. The Morgan fingerprint density at radius 3 is 2.54 bits per heavy atom. The highest BCUT2D eigenvalue weighted by Gasteiger charge is 2.16. The van der Waals surface area contributed by atoms with Crippen molar-refractivity contribution in [3.63, 3.8) is 0 Å². The molecule has 1 aromatic heterocycles.